The van der Waals surface area contributed by atoms with Gasteiger partial charge in [-0.2, -0.15) is 5.26 Å². The zero-order valence-electron chi connectivity index (χ0n) is 16.3. The normalized spacial score (nSPS) is 10.8. The molecule has 0 saturated heterocycles. The molecule has 0 aliphatic rings. The molecule has 3 aromatic rings. The highest BCUT2D eigenvalue weighted by Gasteiger charge is 2.14. The SMILES string of the molecule is COc1cccc(/C=C(\C#N)C(=O)Nc2ccccc2)c1OCc1ccc(Br)cc1. The van der Waals surface area contributed by atoms with Crippen LogP contribution in [0.5, 0.6) is 11.5 Å². The summed E-state index contributed by atoms with van der Waals surface area (Å²) in [6, 6.07) is 24.0. The van der Waals surface area contributed by atoms with Gasteiger partial charge in [-0.05, 0) is 42.0 Å². The van der Waals surface area contributed by atoms with Crippen molar-refractivity contribution in [3.63, 3.8) is 0 Å². The number of benzene rings is 3. The number of halogens is 1. The Morgan fingerprint density at radius 3 is 2.47 bits per heavy atom. The number of methoxy groups -OCH3 is 1. The number of rotatable bonds is 7. The lowest BCUT2D eigenvalue weighted by Gasteiger charge is -2.14. The van der Waals surface area contributed by atoms with Crippen molar-refractivity contribution in [2.45, 2.75) is 6.61 Å². The van der Waals surface area contributed by atoms with E-state index in [0.29, 0.717) is 29.4 Å². The van der Waals surface area contributed by atoms with Gasteiger partial charge in [0.05, 0.1) is 7.11 Å². The van der Waals surface area contributed by atoms with Crippen molar-refractivity contribution in [2.75, 3.05) is 12.4 Å². The molecule has 0 bridgehead atoms. The standard InChI is InChI=1S/C24H19BrN2O3/c1-29-22-9-5-6-18(23(22)30-16-17-10-12-20(25)13-11-17)14-19(15-26)24(28)27-21-7-3-2-4-8-21/h2-14H,16H2,1H3,(H,27,28)/b19-14+. The molecule has 30 heavy (non-hydrogen) atoms. The largest absolute Gasteiger partial charge is 0.493 e. The van der Waals surface area contributed by atoms with Crippen LogP contribution < -0.4 is 14.8 Å². The van der Waals surface area contributed by atoms with Crippen LogP contribution in [-0.4, -0.2) is 13.0 Å². The zero-order valence-corrected chi connectivity index (χ0v) is 17.8. The van der Waals surface area contributed by atoms with Crippen molar-refractivity contribution in [3.8, 4) is 17.6 Å². The molecule has 0 aliphatic heterocycles. The fraction of sp³-hybridized carbons (Fsp3) is 0.0833. The summed E-state index contributed by atoms with van der Waals surface area (Å²) in [6.45, 7) is 0.312. The molecule has 3 aromatic carbocycles. The number of anilines is 1. The summed E-state index contributed by atoms with van der Waals surface area (Å²) < 4.78 is 12.4. The second kappa shape index (κ2) is 10.3. The summed E-state index contributed by atoms with van der Waals surface area (Å²) in [5, 5.41) is 12.2. The van der Waals surface area contributed by atoms with E-state index in [9.17, 15) is 10.1 Å². The van der Waals surface area contributed by atoms with Gasteiger partial charge in [-0.15, -0.1) is 0 Å². The Labute approximate surface area is 183 Å². The number of hydrogen-bond donors (Lipinski definition) is 1. The van der Waals surface area contributed by atoms with Crippen molar-refractivity contribution < 1.29 is 14.3 Å². The first-order valence-corrected chi connectivity index (χ1v) is 9.92. The van der Waals surface area contributed by atoms with Crippen molar-refractivity contribution in [1.82, 2.24) is 0 Å². The molecule has 0 unspecified atom stereocenters. The summed E-state index contributed by atoms with van der Waals surface area (Å²) >= 11 is 3.41. The first-order chi connectivity index (χ1) is 14.6. The molecule has 0 aliphatic carbocycles. The third kappa shape index (κ3) is 5.49. The third-order valence-electron chi connectivity index (χ3n) is 4.22. The Morgan fingerprint density at radius 1 is 1.07 bits per heavy atom. The molecule has 0 heterocycles. The van der Waals surface area contributed by atoms with Crippen LogP contribution in [0.2, 0.25) is 0 Å². The number of nitrogens with one attached hydrogen (secondary N) is 1. The van der Waals surface area contributed by atoms with Crippen LogP contribution >= 0.6 is 15.9 Å². The maximum absolute atomic E-state index is 12.5. The van der Waals surface area contributed by atoms with Crippen LogP contribution in [0.3, 0.4) is 0 Å². The molecule has 0 atom stereocenters. The molecule has 0 spiro atoms. The van der Waals surface area contributed by atoms with Gasteiger partial charge >= 0.3 is 0 Å². The number of nitrogens with zero attached hydrogens (tertiary/aromatic N) is 1. The lowest BCUT2D eigenvalue weighted by molar-refractivity contribution is -0.112. The van der Waals surface area contributed by atoms with E-state index in [1.165, 1.54) is 6.08 Å². The third-order valence-corrected chi connectivity index (χ3v) is 4.75. The van der Waals surface area contributed by atoms with E-state index in [1.807, 2.05) is 48.5 Å². The molecule has 0 radical (unpaired) electrons. The van der Waals surface area contributed by atoms with E-state index in [1.54, 1.807) is 37.4 Å². The summed E-state index contributed by atoms with van der Waals surface area (Å²) in [6.07, 6.45) is 1.50. The van der Waals surface area contributed by atoms with Gasteiger partial charge in [0.25, 0.3) is 5.91 Å². The second-order valence-electron chi connectivity index (χ2n) is 6.28. The fourth-order valence-electron chi connectivity index (χ4n) is 2.72. The molecule has 6 heteroatoms. The highest BCUT2D eigenvalue weighted by atomic mass is 79.9. The van der Waals surface area contributed by atoms with Crippen molar-refractivity contribution in [2.24, 2.45) is 0 Å². The van der Waals surface area contributed by atoms with Crippen LogP contribution in [-0.2, 0) is 11.4 Å². The highest BCUT2D eigenvalue weighted by molar-refractivity contribution is 9.10. The van der Waals surface area contributed by atoms with Crippen LogP contribution in [0.25, 0.3) is 6.08 Å². The number of amides is 1. The fourth-order valence-corrected chi connectivity index (χ4v) is 2.99. The molecule has 1 N–H and O–H groups in total. The first kappa shape index (κ1) is 21.2. The van der Waals surface area contributed by atoms with Crippen LogP contribution in [0, 0.1) is 11.3 Å². The second-order valence-corrected chi connectivity index (χ2v) is 7.20. The van der Waals surface area contributed by atoms with Gasteiger partial charge in [0.2, 0.25) is 0 Å². The van der Waals surface area contributed by atoms with Gasteiger partial charge in [-0.3, -0.25) is 4.79 Å². The molecule has 5 nitrogen and oxygen atoms in total. The van der Waals surface area contributed by atoms with Gasteiger partial charge < -0.3 is 14.8 Å². The molecule has 0 fully saturated rings. The minimum atomic E-state index is -0.495. The Hall–Kier alpha value is -3.56. The average molecular weight is 463 g/mol. The molecular formula is C24H19BrN2O3. The van der Waals surface area contributed by atoms with E-state index in [2.05, 4.69) is 21.2 Å². The van der Waals surface area contributed by atoms with Crippen molar-refractivity contribution in [3.05, 3.63) is 94.0 Å². The Balaban J connectivity index is 1.87. The van der Waals surface area contributed by atoms with Gasteiger partial charge in [0.1, 0.15) is 18.2 Å². The lowest BCUT2D eigenvalue weighted by atomic mass is 10.1. The Kier molecular flexibility index (Phi) is 7.25. The van der Waals surface area contributed by atoms with Gasteiger partial charge in [-0.25, -0.2) is 0 Å². The lowest BCUT2D eigenvalue weighted by Crippen LogP contribution is -2.13. The van der Waals surface area contributed by atoms with E-state index in [-0.39, 0.29) is 5.57 Å². The van der Waals surface area contributed by atoms with E-state index in [4.69, 9.17) is 9.47 Å². The summed E-state index contributed by atoms with van der Waals surface area (Å²) in [7, 11) is 1.54. The summed E-state index contributed by atoms with van der Waals surface area (Å²) in [5.41, 5.74) is 2.12. The van der Waals surface area contributed by atoms with Crippen LogP contribution in [0.4, 0.5) is 5.69 Å². The number of carbonyl (C=O) groups excluding carboxylic acids is 1. The smallest absolute Gasteiger partial charge is 0.266 e. The summed E-state index contributed by atoms with van der Waals surface area (Å²) in [5.74, 6) is 0.482. The van der Waals surface area contributed by atoms with Crippen molar-refractivity contribution in [1.29, 1.82) is 5.26 Å². The first-order valence-electron chi connectivity index (χ1n) is 9.13. The predicted molar refractivity (Wildman–Crippen MR) is 120 cm³/mol. The molecule has 0 saturated carbocycles. The van der Waals surface area contributed by atoms with Crippen molar-refractivity contribution >= 4 is 33.6 Å². The minimum Gasteiger partial charge on any atom is -0.493 e. The number of ether oxygens (including phenoxy) is 2. The molecule has 3 rings (SSSR count). The maximum atomic E-state index is 12.5. The number of hydrogen-bond acceptors (Lipinski definition) is 4. The zero-order chi connectivity index (χ0) is 21.3. The monoisotopic (exact) mass is 462 g/mol. The van der Waals surface area contributed by atoms with Gasteiger partial charge in [-0.1, -0.05) is 58.4 Å². The highest BCUT2D eigenvalue weighted by Crippen LogP contribution is 2.33. The number of nitriles is 1. The van der Waals surface area contributed by atoms with Crippen LogP contribution in [0.1, 0.15) is 11.1 Å². The number of carbonyl (C=O) groups is 1. The molecular weight excluding hydrogens is 444 g/mol. The molecule has 150 valence electrons. The topological polar surface area (TPSA) is 71.3 Å². The number of para-hydroxylation sites is 2. The van der Waals surface area contributed by atoms with Gasteiger partial charge in [0.15, 0.2) is 11.5 Å². The minimum absolute atomic E-state index is 0.0411. The Morgan fingerprint density at radius 2 is 1.80 bits per heavy atom. The molecule has 1 amide bonds. The Bertz CT molecular complexity index is 1090. The predicted octanol–water partition coefficient (Wildman–Crippen LogP) is 5.58. The molecule has 0 aromatic heterocycles. The van der Waals surface area contributed by atoms with E-state index >= 15 is 0 Å². The van der Waals surface area contributed by atoms with E-state index in [0.717, 1.165) is 10.0 Å². The maximum Gasteiger partial charge on any atom is 0.266 e. The summed E-state index contributed by atoms with van der Waals surface area (Å²) in [4.78, 5) is 12.5. The van der Waals surface area contributed by atoms with Gasteiger partial charge in [0, 0.05) is 15.7 Å². The van der Waals surface area contributed by atoms with Crippen LogP contribution in [0.15, 0.2) is 82.8 Å². The van der Waals surface area contributed by atoms with E-state index < -0.39 is 5.91 Å². The quantitative estimate of drug-likeness (QED) is 0.367. The average Bonchev–Trinajstić information content (AvgIpc) is 2.77.